The van der Waals surface area contributed by atoms with Crippen LogP contribution in [0.3, 0.4) is 0 Å². The molecule has 0 heterocycles. The summed E-state index contributed by atoms with van der Waals surface area (Å²) >= 11 is 0. The third kappa shape index (κ3) is 6.20. The number of anilines is 1. The Morgan fingerprint density at radius 1 is 1.29 bits per heavy atom. The van der Waals surface area contributed by atoms with Gasteiger partial charge >= 0.3 is 0 Å². The van der Waals surface area contributed by atoms with Crippen LogP contribution in [-0.2, 0) is 4.74 Å². The van der Waals surface area contributed by atoms with Gasteiger partial charge in [-0.3, -0.25) is 0 Å². The summed E-state index contributed by atoms with van der Waals surface area (Å²) in [5.74, 6) is 1.24. The Balaban J connectivity index is 2.75. The van der Waals surface area contributed by atoms with E-state index in [1.807, 2.05) is 18.2 Å². The molecule has 0 aliphatic rings. The van der Waals surface area contributed by atoms with E-state index in [0.29, 0.717) is 24.7 Å². The topological polar surface area (TPSA) is 86.0 Å². The number of methoxy groups -OCH3 is 2. The molecule has 1 unspecified atom stereocenters. The lowest BCUT2D eigenvalue weighted by molar-refractivity contribution is 0.182. The SMILES string of the molecule is COCC(CCCN)Nc1ccc(OC)c(OCCO)c1. The van der Waals surface area contributed by atoms with Crippen LogP contribution in [0.1, 0.15) is 12.8 Å². The zero-order valence-electron chi connectivity index (χ0n) is 12.8. The first-order valence-corrected chi connectivity index (χ1v) is 7.12. The fourth-order valence-electron chi connectivity index (χ4n) is 2.03. The van der Waals surface area contributed by atoms with Gasteiger partial charge < -0.3 is 30.4 Å². The van der Waals surface area contributed by atoms with Gasteiger partial charge in [0.2, 0.25) is 0 Å². The third-order valence-corrected chi connectivity index (χ3v) is 3.01. The molecule has 1 rings (SSSR count). The molecule has 0 radical (unpaired) electrons. The number of benzene rings is 1. The number of rotatable bonds is 11. The van der Waals surface area contributed by atoms with Crippen LogP contribution in [0.4, 0.5) is 5.69 Å². The van der Waals surface area contributed by atoms with Crippen molar-refractivity contribution in [2.24, 2.45) is 5.73 Å². The molecule has 1 aromatic carbocycles. The molecule has 1 atom stereocenters. The van der Waals surface area contributed by atoms with Gasteiger partial charge in [0.05, 0.1) is 20.3 Å². The Labute approximate surface area is 126 Å². The lowest BCUT2D eigenvalue weighted by Gasteiger charge is -2.20. The predicted molar refractivity (Wildman–Crippen MR) is 83.1 cm³/mol. The van der Waals surface area contributed by atoms with Crippen molar-refractivity contribution in [1.29, 1.82) is 0 Å². The first-order valence-electron chi connectivity index (χ1n) is 7.12. The second kappa shape index (κ2) is 10.3. The zero-order chi connectivity index (χ0) is 15.5. The van der Waals surface area contributed by atoms with Crippen LogP contribution in [0.15, 0.2) is 18.2 Å². The zero-order valence-corrected chi connectivity index (χ0v) is 12.8. The quantitative estimate of drug-likeness (QED) is 0.570. The summed E-state index contributed by atoms with van der Waals surface area (Å²) in [5, 5.41) is 12.3. The highest BCUT2D eigenvalue weighted by atomic mass is 16.5. The van der Waals surface area contributed by atoms with E-state index in [0.717, 1.165) is 18.5 Å². The highest BCUT2D eigenvalue weighted by molar-refractivity contribution is 5.55. The number of aliphatic hydroxyl groups excluding tert-OH is 1. The van der Waals surface area contributed by atoms with Crippen molar-refractivity contribution >= 4 is 5.69 Å². The maximum Gasteiger partial charge on any atom is 0.163 e. The summed E-state index contributed by atoms with van der Waals surface area (Å²) in [5.41, 5.74) is 6.47. The second-order valence-corrected chi connectivity index (χ2v) is 4.67. The molecule has 120 valence electrons. The van der Waals surface area contributed by atoms with Crippen molar-refractivity contribution in [3.05, 3.63) is 18.2 Å². The molecule has 6 heteroatoms. The lowest BCUT2D eigenvalue weighted by Crippen LogP contribution is -2.25. The molecule has 0 saturated heterocycles. The Kier molecular flexibility index (Phi) is 8.57. The summed E-state index contributed by atoms with van der Waals surface area (Å²) in [6, 6.07) is 5.81. The number of aliphatic hydroxyl groups is 1. The molecule has 6 nitrogen and oxygen atoms in total. The fraction of sp³-hybridized carbons (Fsp3) is 0.600. The normalized spacial score (nSPS) is 12.0. The Morgan fingerprint density at radius 3 is 2.71 bits per heavy atom. The second-order valence-electron chi connectivity index (χ2n) is 4.67. The summed E-state index contributed by atoms with van der Waals surface area (Å²) in [7, 11) is 3.27. The van der Waals surface area contributed by atoms with Gasteiger partial charge in [-0.1, -0.05) is 0 Å². The molecule has 4 N–H and O–H groups in total. The molecule has 0 spiro atoms. The summed E-state index contributed by atoms with van der Waals surface area (Å²) < 4.78 is 15.9. The van der Waals surface area contributed by atoms with E-state index in [9.17, 15) is 0 Å². The molecule has 0 amide bonds. The van der Waals surface area contributed by atoms with Gasteiger partial charge in [0.15, 0.2) is 11.5 Å². The number of ether oxygens (including phenoxy) is 3. The number of nitrogens with two attached hydrogens (primary N) is 1. The van der Waals surface area contributed by atoms with Crippen molar-refractivity contribution in [3.8, 4) is 11.5 Å². The predicted octanol–water partition coefficient (Wildman–Crippen LogP) is 1.23. The third-order valence-electron chi connectivity index (χ3n) is 3.01. The number of hydrogen-bond donors (Lipinski definition) is 3. The van der Waals surface area contributed by atoms with Crippen LogP contribution in [-0.4, -0.2) is 51.7 Å². The van der Waals surface area contributed by atoms with Gasteiger partial charge in [0.25, 0.3) is 0 Å². The Hall–Kier alpha value is -1.50. The molecule has 21 heavy (non-hydrogen) atoms. The van der Waals surface area contributed by atoms with E-state index in [1.54, 1.807) is 14.2 Å². The van der Waals surface area contributed by atoms with E-state index in [1.165, 1.54) is 0 Å². The average Bonchev–Trinajstić information content (AvgIpc) is 2.51. The Bertz CT molecular complexity index is 401. The molecule has 0 bridgehead atoms. The van der Waals surface area contributed by atoms with Gasteiger partial charge in [-0.05, 0) is 31.5 Å². The minimum atomic E-state index is -0.0381. The number of nitrogens with one attached hydrogen (secondary N) is 1. The molecule has 0 saturated carbocycles. The van der Waals surface area contributed by atoms with Crippen LogP contribution in [0.2, 0.25) is 0 Å². The first-order chi connectivity index (χ1) is 10.2. The summed E-state index contributed by atoms with van der Waals surface area (Å²) in [6.07, 6.45) is 1.87. The van der Waals surface area contributed by atoms with Gasteiger partial charge in [0.1, 0.15) is 6.61 Å². The largest absolute Gasteiger partial charge is 0.493 e. The van der Waals surface area contributed by atoms with Crippen LogP contribution >= 0.6 is 0 Å². The molecule has 0 aromatic heterocycles. The molecular weight excluding hydrogens is 272 g/mol. The molecule has 1 aromatic rings. The maximum atomic E-state index is 8.86. The lowest BCUT2D eigenvalue weighted by atomic mass is 10.1. The van der Waals surface area contributed by atoms with Crippen molar-refractivity contribution in [3.63, 3.8) is 0 Å². The maximum absolute atomic E-state index is 8.86. The fourth-order valence-corrected chi connectivity index (χ4v) is 2.03. The highest BCUT2D eigenvalue weighted by Gasteiger charge is 2.11. The summed E-state index contributed by atoms with van der Waals surface area (Å²) in [6.45, 7) is 1.46. The molecular formula is C15H26N2O4. The van der Waals surface area contributed by atoms with Crippen molar-refractivity contribution in [1.82, 2.24) is 0 Å². The highest BCUT2D eigenvalue weighted by Crippen LogP contribution is 2.30. The van der Waals surface area contributed by atoms with E-state index in [2.05, 4.69) is 5.32 Å². The van der Waals surface area contributed by atoms with E-state index in [4.69, 9.17) is 25.1 Å². The van der Waals surface area contributed by atoms with Crippen molar-refractivity contribution < 1.29 is 19.3 Å². The minimum absolute atomic E-state index is 0.0381. The van der Waals surface area contributed by atoms with E-state index >= 15 is 0 Å². The van der Waals surface area contributed by atoms with E-state index < -0.39 is 0 Å². The van der Waals surface area contributed by atoms with Gasteiger partial charge in [-0.2, -0.15) is 0 Å². The minimum Gasteiger partial charge on any atom is -0.493 e. The van der Waals surface area contributed by atoms with Crippen LogP contribution in [0, 0.1) is 0 Å². The van der Waals surface area contributed by atoms with Crippen LogP contribution in [0.25, 0.3) is 0 Å². The Morgan fingerprint density at radius 2 is 2.10 bits per heavy atom. The molecule has 0 aliphatic carbocycles. The first kappa shape index (κ1) is 17.6. The van der Waals surface area contributed by atoms with Crippen molar-refractivity contribution in [2.45, 2.75) is 18.9 Å². The number of hydrogen-bond acceptors (Lipinski definition) is 6. The van der Waals surface area contributed by atoms with Gasteiger partial charge in [-0.25, -0.2) is 0 Å². The average molecular weight is 298 g/mol. The molecule has 0 fully saturated rings. The summed E-state index contributed by atoms with van der Waals surface area (Å²) in [4.78, 5) is 0. The van der Waals surface area contributed by atoms with Crippen LogP contribution < -0.4 is 20.5 Å². The standard InChI is InChI=1S/C15H26N2O4/c1-19-11-13(4-3-7-16)17-12-5-6-14(20-2)15(10-12)21-9-8-18/h5-6,10,13,17-18H,3-4,7-9,11,16H2,1-2H3. The van der Waals surface area contributed by atoms with Crippen molar-refractivity contribution in [2.75, 3.05) is 45.9 Å². The monoisotopic (exact) mass is 298 g/mol. The smallest absolute Gasteiger partial charge is 0.163 e. The van der Waals surface area contributed by atoms with Crippen LogP contribution in [0.5, 0.6) is 11.5 Å². The van der Waals surface area contributed by atoms with E-state index in [-0.39, 0.29) is 19.3 Å². The molecule has 0 aliphatic heterocycles. The van der Waals surface area contributed by atoms with Gasteiger partial charge in [-0.15, -0.1) is 0 Å². The van der Waals surface area contributed by atoms with Gasteiger partial charge in [0, 0.05) is 24.9 Å².